The molecule has 1 aromatic carbocycles. The number of anilines is 1. The van der Waals surface area contributed by atoms with E-state index in [9.17, 15) is 9.18 Å². The molecule has 1 aliphatic rings. The summed E-state index contributed by atoms with van der Waals surface area (Å²) in [5.41, 5.74) is 2.25. The topological polar surface area (TPSA) is 78.1 Å². The van der Waals surface area contributed by atoms with E-state index >= 15 is 0 Å². The summed E-state index contributed by atoms with van der Waals surface area (Å²) in [6.45, 7) is 0.827. The minimum atomic E-state index is -0.496. The Kier molecular flexibility index (Phi) is 4.47. The van der Waals surface area contributed by atoms with Gasteiger partial charge in [0.15, 0.2) is 5.82 Å². The molecule has 0 unspecified atom stereocenters. The van der Waals surface area contributed by atoms with E-state index in [1.165, 1.54) is 15.6 Å². The minimum absolute atomic E-state index is 0.281. The predicted octanol–water partition coefficient (Wildman–Crippen LogP) is 3.30. The fraction of sp³-hybridized carbons (Fsp3) is 0.143. The first-order valence-electron chi connectivity index (χ1n) is 9.37. The molecule has 1 atom stereocenters. The Balaban J connectivity index is 1.35. The Morgan fingerprint density at radius 3 is 2.90 bits per heavy atom. The SMILES string of the molecule is O=C1O[C@@H](Cn2ccnc2)CN1c1ccc(-n2cc(-c3ccccn3)cn2)c(F)c1. The van der Waals surface area contributed by atoms with Crippen molar-refractivity contribution in [1.29, 1.82) is 0 Å². The van der Waals surface area contributed by atoms with Crippen LogP contribution in [0.15, 0.2) is 73.7 Å². The van der Waals surface area contributed by atoms with Crippen LogP contribution in [0.3, 0.4) is 0 Å². The van der Waals surface area contributed by atoms with Gasteiger partial charge in [0.25, 0.3) is 0 Å². The van der Waals surface area contributed by atoms with Gasteiger partial charge in [0.2, 0.25) is 0 Å². The van der Waals surface area contributed by atoms with E-state index in [2.05, 4.69) is 15.1 Å². The summed E-state index contributed by atoms with van der Waals surface area (Å²) in [6.07, 6.45) is 9.34. The molecule has 0 radical (unpaired) electrons. The van der Waals surface area contributed by atoms with Crippen molar-refractivity contribution in [2.75, 3.05) is 11.4 Å². The highest BCUT2D eigenvalue weighted by molar-refractivity contribution is 5.89. The molecule has 4 heterocycles. The summed E-state index contributed by atoms with van der Waals surface area (Å²) < 4.78 is 23.5. The number of pyridine rings is 1. The highest BCUT2D eigenvalue weighted by Gasteiger charge is 2.33. The van der Waals surface area contributed by atoms with Crippen LogP contribution in [0, 0.1) is 5.82 Å². The average molecular weight is 404 g/mol. The van der Waals surface area contributed by atoms with E-state index < -0.39 is 11.9 Å². The molecule has 1 amide bonds. The maximum Gasteiger partial charge on any atom is 0.414 e. The number of hydrogen-bond acceptors (Lipinski definition) is 5. The molecule has 0 bridgehead atoms. The van der Waals surface area contributed by atoms with Crippen LogP contribution in [-0.2, 0) is 11.3 Å². The molecule has 1 aliphatic heterocycles. The third kappa shape index (κ3) is 3.41. The van der Waals surface area contributed by atoms with Gasteiger partial charge in [-0.15, -0.1) is 0 Å². The summed E-state index contributed by atoms with van der Waals surface area (Å²) in [4.78, 5) is 22.0. The smallest absolute Gasteiger partial charge is 0.414 e. The van der Waals surface area contributed by atoms with E-state index in [-0.39, 0.29) is 11.8 Å². The fourth-order valence-electron chi connectivity index (χ4n) is 3.43. The molecule has 5 rings (SSSR count). The van der Waals surface area contributed by atoms with Crippen LogP contribution in [0.5, 0.6) is 0 Å². The Labute approximate surface area is 171 Å². The number of carbonyl (C=O) groups excluding carboxylic acids is 1. The zero-order valence-corrected chi connectivity index (χ0v) is 15.8. The third-order valence-electron chi connectivity index (χ3n) is 4.88. The fourth-order valence-corrected chi connectivity index (χ4v) is 3.43. The number of hydrogen-bond donors (Lipinski definition) is 0. The van der Waals surface area contributed by atoms with Gasteiger partial charge in [-0.3, -0.25) is 9.88 Å². The van der Waals surface area contributed by atoms with Gasteiger partial charge in [-0.25, -0.2) is 18.9 Å². The molecule has 9 heteroatoms. The Morgan fingerprint density at radius 2 is 2.13 bits per heavy atom. The molecule has 1 saturated heterocycles. The summed E-state index contributed by atoms with van der Waals surface area (Å²) in [5.74, 6) is -0.492. The second-order valence-corrected chi connectivity index (χ2v) is 6.90. The lowest BCUT2D eigenvalue weighted by Crippen LogP contribution is -2.26. The van der Waals surface area contributed by atoms with Gasteiger partial charge in [0.05, 0.1) is 37.0 Å². The number of cyclic esters (lactones) is 1. The lowest BCUT2D eigenvalue weighted by atomic mass is 10.2. The Hall–Kier alpha value is -4.01. The molecule has 3 aromatic heterocycles. The van der Waals surface area contributed by atoms with Crippen molar-refractivity contribution < 1.29 is 13.9 Å². The van der Waals surface area contributed by atoms with Gasteiger partial charge in [-0.1, -0.05) is 6.07 Å². The first-order chi connectivity index (χ1) is 14.7. The molecule has 0 N–H and O–H groups in total. The van der Waals surface area contributed by atoms with Crippen LogP contribution in [0.1, 0.15) is 0 Å². The summed E-state index contributed by atoms with van der Waals surface area (Å²) in [6, 6.07) is 10.2. The first-order valence-corrected chi connectivity index (χ1v) is 9.37. The number of imidazole rings is 1. The van der Waals surface area contributed by atoms with Gasteiger partial charge in [-0.05, 0) is 30.3 Å². The highest BCUT2D eigenvalue weighted by Crippen LogP contribution is 2.26. The van der Waals surface area contributed by atoms with Gasteiger partial charge >= 0.3 is 6.09 Å². The van der Waals surface area contributed by atoms with Crippen LogP contribution in [0.2, 0.25) is 0 Å². The summed E-state index contributed by atoms with van der Waals surface area (Å²) in [7, 11) is 0. The van der Waals surface area contributed by atoms with Gasteiger partial charge in [-0.2, -0.15) is 5.10 Å². The molecule has 0 aliphatic carbocycles. The number of amides is 1. The van der Waals surface area contributed by atoms with Crippen molar-refractivity contribution in [3.8, 4) is 16.9 Å². The highest BCUT2D eigenvalue weighted by atomic mass is 19.1. The van der Waals surface area contributed by atoms with Crippen LogP contribution < -0.4 is 4.90 Å². The monoisotopic (exact) mass is 404 g/mol. The molecule has 0 spiro atoms. The van der Waals surface area contributed by atoms with Crippen molar-refractivity contribution >= 4 is 11.8 Å². The lowest BCUT2D eigenvalue weighted by Gasteiger charge is -2.14. The standard InChI is InChI=1S/C21H17FN6O2/c22-18-9-16(27-13-17(30-21(27)29)12-26-8-7-23-14-26)4-5-20(18)28-11-15(10-25-28)19-3-1-2-6-24-19/h1-11,14,17H,12-13H2/t17-/m0/s1. The van der Waals surface area contributed by atoms with Gasteiger partial charge < -0.3 is 9.30 Å². The normalized spacial score (nSPS) is 16.1. The van der Waals surface area contributed by atoms with E-state index in [4.69, 9.17) is 4.74 Å². The zero-order valence-electron chi connectivity index (χ0n) is 15.8. The summed E-state index contributed by atoms with van der Waals surface area (Å²) >= 11 is 0. The van der Waals surface area contributed by atoms with Crippen LogP contribution >= 0.6 is 0 Å². The summed E-state index contributed by atoms with van der Waals surface area (Å²) in [5, 5.41) is 4.24. The zero-order chi connectivity index (χ0) is 20.5. The van der Waals surface area contributed by atoms with Crippen LogP contribution in [0.4, 0.5) is 14.9 Å². The molecule has 4 aromatic rings. The third-order valence-corrected chi connectivity index (χ3v) is 4.88. The number of benzene rings is 1. The maximum absolute atomic E-state index is 14.9. The number of ether oxygens (including phenoxy) is 1. The van der Waals surface area contributed by atoms with E-state index in [0.29, 0.717) is 18.8 Å². The van der Waals surface area contributed by atoms with Crippen molar-refractivity contribution in [2.45, 2.75) is 12.6 Å². The molecular formula is C21H17FN6O2. The van der Waals surface area contributed by atoms with Crippen LogP contribution in [0.25, 0.3) is 16.9 Å². The maximum atomic E-state index is 14.9. The molecule has 0 saturated carbocycles. The number of rotatable bonds is 5. The van der Waals surface area contributed by atoms with Crippen molar-refractivity contribution in [2.24, 2.45) is 0 Å². The second-order valence-electron chi connectivity index (χ2n) is 6.90. The molecule has 30 heavy (non-hydrogen) atoms. The van der Waals surface area contributed by atoms with E-state index in [0.717, 1.165) is 11.3 Å². The quantitative estimate of drug-likeness (QED) is 0.510. The lowest BCUT2D eigenvalue weighted by molar-refractivity contribution is 0.132. The number of halogens is 1. The molecular weight excluding hydrogens is 387 g/mol. The molecule has 150 valence electrons. The van der Waals surface area contributed by atoms with E-state index in [1.807, 2.05) is 22.8 Å². The van der Waals surface area contributed by atoms with Crippen molar-refractivity contribution in [3.63, 3.8) is 0 Å². The average Bonchev–Trinajstić information content (AvgIpc) is 3.50. The Bertz CT molecular complexity index is 1180. The predicted molar refractivity (Wildman–Crippen MR) is 107 cm³/mol. The largest absolute Gasteiger partial charge is 0.442 e. The van der Waals surface area contributed by atoms with Crippen LogP contribution in [-0.4, -0.2) is 43.1 Å². The number of nitrogens with zero attached hydrogens (tertiary/aromatic N) is 6. The first kappa shape index (κ1) is 18.0. The molecule has 1 fully saturated rings. The molecule has 8 nitrogen and oxygen atoms in total. The number of carbonyl (C=O) groups is 1. The minimum Gasteiger partial charge on any atom is -0.442 e. The van der Waals surface area contributed by atoms with E-state index in [1.54, 1.807) is 49.4 Å². The number of aromatic nitrogens is 5. The Morgan fingerprint density at radius 1 is 1.20 bits per heavy atom. The van der Waals surface area contributed by atoms with Crippen molar-refractivity contribution in [3.05, 3.63) is 79.5 Å². The van der Waals surface area contributed by atoms with Gasteiger partial charge in [0.1, 0.15) is 11.8 Å². The van der Waals surface area contributed by atoms with Crippen molar-refractivity contribution in [1.82, 2.24) is 24.3 Å². The van der Waals surface area contributed by atoms with Gasteiger partial charge in [0, 0.05) is 30.4 Å². The second kappa shape index (κ2) is 7.43.